The fourth-order valence-electron chi connectivity index (χ4n) is 4.04. The van der Waals surface area contributed by atoms with Gasteiger partial charge in [0.25, 0.3) is 0 Å². The number of anilines is 2. The van der Waals surface area contributed by atoms with E-state index in [0.717, 1.165) is 15.7 Å². The van der Waals surface area contributed by atoms with Crippen LogP contribution in [0.4, 0.5) is 11.4 Å². The Hall–Kier alpha value is -2.63. The molecule has 2 saturated heterocycles. The van der Waals surface area contributed by atoms with E-state index in [1.807, 2.05) is 24.3 Å². The van der Waals surface area contributed by atoms with Crippen LogP contribution in [0.5, 0.6) is 5.75 Å². The molecule has 11 heteroatoms. The molecule has 2 aliphatic heterocycles. The molecular weight excluding hydrogens is 454 g/mol. The number of ether oxygens (including phenoxy) is 1. The summed E-state index contributed by atoms with van der Waals surface area (Å²) in [6, 6.07) is 11.8. The maximum absolute atomic E-state index is 13.3. The van der Waals surface area contributed by atoms with Gasteiger partial charge in [-0.3, -0.25) is 4.79 Å². The van der Waals surface area contributed by atoms with Crippen molar-refractivity contribution in [3.63, 3.8) is 0 Å². The number of nitrogens with zero attached hydrogens (tertiary/aromatic N) is 3. The largest absolute Gasteiger partial charge is 0.497 e. The molecule has 0 aliphatic carbocycles. The van der Waals surface area contributed by atoms with Gasteiger partial charge >= 0.3 is 0 Å². The van der Waals surface area contributed by atoms with Gasteiger partial charge < -0.3 is 9.64 Å². The van der Waals surface area contributed by atoms with Gasteiger partial charge in [-0.15, -0.1) is 0 Å². The molecule has 2 heterocycles. The normalized spacial score (nSPS) is 19.4. The van der Waals surface area contributed by atoms with Crippen molar-refractivity contribution in [2.45, 2.75) is 18.2 Å². The number of piperazine rings is 1. The summed E-state index contributed by atoms with van der Waals surface area (Å²) in [6.07, 6.45) is -0.0695. The zero-order valence-electron chi connectivity index (χ0n) is 17.9. The lowest BCUT2D eigenvalue weighted by molar-refractivity contribution is -0.116. The third-order valence-electron chi connectivity index (χ3n) is 5.77. The average Bonchev–Trinajstić information content (AvgIpc) is 3.05. The highest BCUT2D eigenvalue weighted by atomic mass is 32.2. The van der Waals surface area contributed by atoms with Crippen molar-refractivity contribution in [3.8, 4) is 5.75 Å². The van der Waals surface area contributed by atoms with Gasteiger partial charge in [0.15, 0.2) is 0 Å². The Morgan fingerprint density at radius 2 is 1.56 bits per heavy atom. The molecule has 1 amide bonds. The Bertz CT molecular complexity index is 1230. The highest BCUT2D eigenvalue weighted by Gasteiger charge is 2.37. The molecular formula is C21H25N3O6S2. The maximum Gasteiger partial charge on any atom is 0.243 e. The summed E-state index contributed by atoms with van der Waals surface area (Å²) in [6.45, 7) is 3.35. The second-order valence-electron chi connectivity index (χ2n) is 7.76. The van der Waals surface area contributed by atoms with Crippen molar-refractivity contribution < 1.29 is 26.4 Å². The summed E-state index contributed by atoms with van der Waals surface area (Å²) >= 11 is 0. The molecule has 0 atom stereocenters. The summed E-state index contributed by atoms with van der Waals surface area (Å²) in [4.78, 5) is 14.3. The van der Waals surface area contributed by atoms with E-state index in [4.69, 9.17) is 4.74 Å². The molecule has 4 rings (SSSR count). The van der Waals surface area contributed by atoms with Crippen molar-refractivity contribution in [1.82, 2.24) is 4.31 Å². The average molecular weight is 480 g/mol. The molecule has 2 aliphatic rings. The number of hydrogen-bond acceptors (Lipinski definition) is 7. The first-order chi connectivity index (χ1) is 15.1. The third kappa shape index (κ3) is 4.07. The summed E-state index contributed by atoms with van der Waals surface area (Å²) in [7, 11) is -5.85. The van der Waals surface area contributed by atoms with Crippen LogP contribution in [0.3, 0.4) is 0 Å². The van der Waals surface area contributed by atoms with Crippen LogP contribution in [-0.4, -0.2) is 66.1 Å². The fourth-order valence-corrected chi connectivity index (χ4v) is 7.12. The zero-order valence-corrected chi connectivity index (χ0v) is 19.5. The summed E-state index contributed by atoms with van der Waals surface area (Å²) in [5, 5.41) is 0. The van der Waals surface area contributed by atoms with Gasteiger partial charge in [0.2, 0.25) is 26.0 Å². The molecule has 0 N–H and O–H groups in total. The predicted octanol–water partition coefficient (Wildman–Crippen LogP) is 1.58. The number of aryl methyl sites for hydroxylation is 1. The van der Waals surface area contributed by atoms with Gasteiger partial charge in [-0.05, 0) is 55.0 Å². The van der Waals surface area contributed by atoms with Crippen LogP contribution < -0.4 is 13.9 Å². The van der Waals surface area contributed by atoms with Crippen LogP contribution in [0, 0.1) is 6.92 Å². The quantitative estimate of drug-likeness (QED) is 0.641. The van der Waals surface area contributed by atoms with Gasteiger partial charge in [-0.25, -0.2) is 21.1 Å². The SMILES string of the molecule is COc1ccc(N2CCN(S(=O)(=O)c3ccc(N4C(=O)CCS4(=O)=O)cc3C)CC2)cc1. The van der Waals surface area contributed by atoms with Crippen LogP contribution >= 0.6 is 0 Å². The number of sulfonamides is 2. The number of rotatable bonds is 5. The number of benzene rings is 2. The Balaban J connectivity index is 1.51. The third-order valence-corrected chi connectivity index (χ3v) is 9.52. The number of methoxy groups -OCH3 is 1. The van der Waals surface area contributed by atoms with Crippen molar-refractivity contribution in [1.29, 1.82) is 0 Å². The Labute approximate surface area is 188 Å². The minimum absolute atomic E-state index is 0.0695. The minimum atomic E-state index is -3.76. The topological polar surface area (TPSA) is 104 Å². The highest BCUT2D eigenvalue weighted by Crippen LogP contribution is 2.30. The van der Waals surface area contributed by atoms with E-state index in [2.05, 4.69) is 4.90 Å². The maximum atomic E-state index is 13.3. The van der Waals surface area contributed by atoms with E-state index in [0.29, 0.717) is 31.7 Å². The molecule has 0 spiro atoms. The van der Waals surface area contributed by atoms with E-state index in [9.17, 15) is 21.6 Å². The molecule has 0 unspecified atom stereocenters. The molecule has 0 bridgehead atoms. The monoisotopic (exact) mass is 479 g/mol. The smallest absolute Gasteiger partial charge is 0.243 e. The van der Waals surface area contributed by atoms with Gasteiger partial charge in [-0.2, -0.15) is 4.31 Å². The van der Waals surface area contributed by atoms with Gasteiger partial charge in [0.1, 0.15) is 5.75 Å². The van der Waals surface area contributed by atoms with E-state index >= 15 is 0 Å². The van der Waals surface area contributed by atoms with E-state index in [-0.39, 0.29) is 22.8 Å². The summed E-state index contributed by atoms with van der Waals surface area (Å²) in [5.74, 6) is 0.0237. The number of carbonyl (C=O) groups excluding carboxylic acids is 1. The molecule has 2 fully saturated rings. The van der Waals surface area contributed by atoms with Gasteiger partial charge in [-0.1, -0.05) is 0 Å². The second kappa shape index (κ2) is 8.38. The van der Waals surface area contributed by atoms with E-state index < -0.39 is 26.0 Å². The zero-order chi connectivity index (χ0) is 23.1. The molecule has 0 aromatic heterocycles. The first kappa shape index (κ1) is 22.6. The lowest BCUT2D eigenvalue weighted by Gasteiger charge is -2.35. The molecule has 172 valence electrons. The Morgan fingerprint density at radius 3 is 2.09 bits per heavy atom. The first-order valence-corrected chi connectivity index (χ1v) is 13.2. The minimum Gasteiger partial charge on any atom is -0.497 e. The van der Waals surface area contributed by atoms with Crippen LogP contribution in [0.2, 0.25) is 0 Å². The Kier molecular flexibility index (Phi) is 5.91. The molecule has 9 nitrogen and oxygen atoms in total. The van der Waals surface area contributed by atoms with Crippen molar-refractivity contribution in [2.24, 2.45) is 0 Å². The number of amides is 1. The van der Waals surface area contributed by atoms with E-state index in [1.165, 1.54) is 22.5 Å². The van der Waals surface area contributed by atoms with Gasteiger partial charge in [0.05, 0.1) is 23.4 Å². The summed E-state index contributed by atoms with van der Waals surface area (Å²) in [5.41, 5.74) is 1.57. The van der Waals surface area contributed by atoms with Crippen LogP contribution in [0.25, 0.3) is 0 Å². The standard InChI is InChI=1S/C21H25N3O6S2/c1-16-15-18(24-21(25)9-14-31(24,26)27)5-8-20(16)32(28,29)23-12-10-22(11-13-23)17-3-6-19(30-2)7-4-17/h3-8,15H,9-14H2,1-2H3. The molecule has 0 radical (unpaired) electrons. The number of hydrogen-bond donors (Lipinski definition) is 0. The molecule has 32 heavy (non-hydrogen) atoms. The van der Waals surface area contributed by atoms with Crippen molar-refractivity contribution in [3.05, 3.63) is 48.0 Å². The van der Waals surface area contributed by atoms with Crippen molar-refractivity contribution >= 4 is 37.3 Å². The first-order valence-electron chi connectivity index (χ1n) is 10.2. The lowest BCUT2D eigenvalue weighted by Crippen LogP contribution is -2.48. The highest BCUT2D eigenvalue weighted by molar-refractivity contribution is 7.94. The van der Waals surface area contributed by atoms with E-state index in [1.54, 1.807) is 14.0 Å². The van der Waals surface area contributed by atoms with Crippen LogP contribution in [0.15, 0.2) is 47.4 Å². The molecule has 2 aromatic rings. The van der Waals surface area contributed by atoms with Crippen LogP contribution in [0.1, 0.15) is 12.0 Å². The molecule has 0 saturated carbocycles. The summed E-state index contributed by atoms with van der Waals surface area (Å²) < 4.78 is 58.2. The molecule has 2 aromatic carbocycles. The second-order valence-corrected chi connectivity index (χ2v) is 11.6. The van der Waals surface area contributed by atoms with Crippen molar-refractivity contribution in [2.75, 3.05) is 48.2 Å². The lowest BCUT2D eigenvalue weighted by atomic mass is 10.2. The fraction of sp³-hybridized carbons (Fsp3) is 0.381. The number of carbonyl (C=O) groups is 1. The van der Waals surface area contributed by atoms with Crippen LogP contribution in [-0.2, 0) is 24.8 Å². The predicted molar refractivity (Wildman–Crippen MR) is 121 cm³/mol. The van der Waals surface area contributed by atoms with Gasteiger partial charge in [0, 0.05) is 38.3 Å². The Morgan fingerprint density at radius 1 is 0.938 bits per heavy atom.